The van der Waals surface area contributed by atoms with E-state index in [1.54, 1.807) is 26.2 Å². The van der Waals surface area contributed by atoms with Crippen LogP contribution in [0.4, 0.5) is 5.69 Å². The fourth-order valence-electron chi connectivity index (χ4n) is 1.59. The van der Waals surface area contributed by atoms with Crippen molar-refractivity contribution in [2.75, 3.05) is 13.7 Å². The Morgan fingerprint density at radius 1 is 1.57 bits per heavy atom. The molecule has 0 aliphatic rings. The van der Waals surface area contributed by atoms with E-state index in [9.17, 15) is 10.1 Å². The number of benzene rings is 1. The zero-order valence-electron chi connectivity index (χ0n) is 12.1. The van der Waals surface area contributed by atoms with Crippen LogP contribution >= 0.6 is 12.2 Å². The van der Waals surface area contributed by atoms with E-state index in [2.05, 4.69) is 15.8 Å². The molecule has 0 heterocycles. The van der Waals surface area contributed by atoms with E-state index < -0.39 is 4.92 Å². The van der Waals surface area contributed by atoms with E-state index in [4.69, 9.17) is 17.0 Å². The number of hydrazone groups is 1. The van der Waals surface area contributed by atoms with Crippen LogP contribution in [0.2, 0.25) is 0 Å². The molecule has 0 aromatic heterocycles. The van der Waals surface area contributed by atoms with Crippen molar-refractivity contribution in [1.82, 2.24) is 10.7 Å². The molecule has 0 amide bonds. The van der Waals surface area contributed by atoms with Gasteiger partial charge in [0.15, 0.2) is 5.11 Å². The lowest BCUT2D eigenvalue weighted by atomic mass is 10.1. The number of non-ortho nitro benzene ring substituents is 1. The second-order valence-corrected chi connectivity index (χ2v) is 4.85. The van der Waals surface area contributed by atoms with Crippen LogP contribution in [-0.4, -0.2) is 35.5 Å². The predicted molar refractivity (Wildman–Crippen MR) is 85.5 cm³/mol. The Hall–Kier alpha value is -2.06. The summed E-state index contributed by atoms with van der Waals surface area (Å²) >= 11 is 5.09. The summed E-state index contributed by atoms with van der Waals surface area (Å²) < 4.78 is 4.99. The lowest BCUT2D eigenvalue weighted by Gasteiger charge is -2.14. The highest BCUT2D eigenvalue weighted by atomic mass is 32.1. The molecule has 0 bridgehead atoms. The second-order valence-electron chi connectivity index (χ2n) is 4.45. The number of ether oxygens (including phenoxy) is 1. The standard InChI is InChI=1S/C13H18N4O3S/c1-9(8-20-3)14-13(21)16-15-10(2)11-5-4-6-12(7-11)17(18)19/h4-7,9H,8H2,1-3H3,(H2,14,16,21)/b15-10-/t9-/m1/s1. The quantitative estimate of drug-likeness (QED) is 0.360. The van der Waals surface area contributed by atoms with Crippen LogP contribution in [0.5, 0.6) is 0 Å². The fourth-order valence-corrected chi connectivity index (χ4v) is 1.84. The molecule has 21 heavy (non-hydrogen) atoms. The van der Waals surface area contributed by atoms with Gasteiger partial charge in [0.2, 0.25) is 0 Å². The summed E-state index contributed by atoms with van der Waals surface area (Å²) in [6.45, 7) is 4.19. The highest BCUT2D eigenvalue weighted by Gasteiger charge is 2.08. The van der Waals surface area contributed by atoms with Gasteiger partial charge in [-0.05, 0) is 26.1 Å². The third-order valence-corrected chi connectivity index (χ3v) is 2.80. The number of rotatable bonds is 6. The molecule has 114 valence electrons. The first-order chi connectivity index (χ1) is 9.93. The van der Waals surface area contributed by atoms with Gasteiger partial charge in [-0.15, -0.1) is 0 Å². The van der Waals surface area contributed by atoms with Gasteiger partial charge in [-0.25, -0.2) is 0 Å². The molecule has 8 heteroatoms. The molecule has 0 unspecified atom stereocenters. The zero-order valence-corrected chi connectivity index (χ0v) is 12.9. The first-order valence-electron chi connectivity index (χ1n) is 6.28. The maximum atomic E-state index is 10.7. The Balaban J connectivity index is 2.66. The van der Waals surface area contributed by atoms with E-state index in [0.29, 0.717) is 23.0 Å². The minimum absolute atomic E-state index is 0.0245. The molecule has 0 aliphatic carbocycles. The summed E-state index contributed by atoms with van der Waals surface area (Å²) in [5, 5.41) is 18.2. The van der Waals surface area contributed by atoms with Crippen molar-refractivity contribution in [2.45, 2.75) is 19.9 Å². The third-order valence-electron chi connectivity index (χ3n) is 2.59. The molecular weight excluding hydrogens is 292 g/mol. The lowest BCUT2D eigenvalue weighted by molar-refractivity contribution is -0.384. The number of hydrogen-bond donors (Lipinski definition) is 2. The molecule has 1 aromatic rings. The van der Waals surface area contributed by atoms with Gasteiger partial charge in [0.25, 0.3) is 5.69 Å². The van der Waals surface area contributed by atoms with Gasteiger partial charge in [-0.2, -0.15) is 5.10 Å². The van der Waals surface area contributed by atoms with E-state index in [1.807, 2.05) is 6.92 Å². The summed E-state index contributed by atoms with van der Waals surface area (Å²) in [7, 11) is 1.61. The molecule has 1 rings (SSSR count). The Morgan fingerprint density at radius 3 is 2.90 bits per heavy atom. The smallest absolute Gasteiger partial charge is 0.270 e. The first kappa shape index (κ1) is 17.0. The molecule has 1 atom stereocenters. The number of thiocarbonyl (C=S) groups is 1. The Labute approximate surface area is 128 Å². The zero-order chi connectivity index (χ0) is 15.8. The first-order valence-corrected chi connectivity index (χ1v) is 6.69. The van der Waals surface area contributed by atoms with Crippen LogP contribution in [0.3, 0.4) is 0 Å². The molecule has 1 aromatic carbocycles. The summed E-state index contributed by atoms with van der Waals surface area (Å²) in [5.41, 5.74) is 3.98. The molecule has 0 saturated heterocycles. The van der Waals surface area contributed by atoms with E-state index in [0.717, 1.165) is 0 Å². The number of nitrogens with one attached hydrogen (secondary N) is 2. The van der Waals surface area contributed by atoms with Crippen LogP contribution in [0.1, 0.15) is 19.4 Å². The van der Waals surface area contributed by atoms with Gasteiger partial charge in [-0.1, -0.05) is 12.1 Å². The summed E-state index contributed by atoms with van der Waals surface area (Å²) in [6.07, 6.45) is 0. The maximum Gasteiger partial charge on any atom is 0.270 e. The van der Waals surface area contributed by atoms with Crippen LogP contribution in [0, 0.1) is 10.1 Å². The largest absolute Gasteiger partial charge is 0.383 e. The predicted octanol–water partition coefficient (Wildman–Crippen LogP) is 1.82. The van der Waals surface area contributed by atoms with Crippen molar-refractivity contribution < 1.29 is 9.66 Å². The van der Waals surface area contributed by atoms with E-state index >= 15 is 0 Å². The van der Waals surface area contributed by atoms with Crippen LogP contribution < -0.4 is 10.7 Å². The van der Waals surface area contributed by atoms with E-state index in [-0.39, 0.29) is 11.7 Å². The molecule has 7 nitrogen and oxygen atoms in total. The molecule has 2 N–H and O–H groups in total. The average molecular weight is 310 g/mol. The Bertz CT molecular complexity index is 548. The summed E-state index contributed by atoms with van der Waals surface area (Å²) in [4.78, 5) is 10.3. The minimum Gasteiger partial charge on any atom is -0.383 e. The lowest BCUT2D eigenvalue weighted by Crippen LogP contribution is -2.40. The molecule has 0 fully saturated rings. The average Bonchev–Trinajstić information content (AvgIpc) is 2.45. The molecule has 0 saturated carbocycles. The number of nitro benzene ring substituents is 1. The monoisotopic (exact) mass is 310 g/mol. The Kier molecular flexibility index (Phi) is 6.70. The van der Waals surface area contributed by atoms with Crippen molar-refractivity contribution in [1.29, 1.82) is 0 Å². The van der Waals surface area contributed by atoms with Crippen LogP contribution in [0.25, 0.3) is 0 Å². The van der Waals surface area contributed by atoms with Crippen molar-refractivity contribution >= 4 is 28.7 Å². The number of nitrogens with zero attached hydrogens (tertiary/aromatic N) is 2. The van der Waals surface area contributed by atoms with Crippen LogP contribution in [0.15, 0.2) is 29.4 Å². The van der Waals surface area contributed by atoms with E-state index in [1.165, 1.54) is 12.1 Å². The molecular formula is C13H18N4O3S. The topological polar surface area (TPSA) is 88.8 Å². The second kappa shape index (κ2) is 8.28. The number of methoxy groups -OCH3 is 1. The van der Waals surface area contributed by atoms with Gasteiger partial charge in [-0.3, -0.25) is 15.5 Å². The normalized spacial score (nSPS) is 12.6. The number of nitro groups is 1. The number of hydrogen-bond acceptors (Lipinski definition) is 5. The van der Waals surface area contributed by atoms with Gasteiger partial charge in [0.1, 0.15) is 0 Å². The Morgan fingerprint density at radius 2 is 2.29 bits per heavy atom. The van der Waals surface area contributed by atoms with Gasteiger partial charge < -0.3 is 10.1 Å². The van der Waals surface area contributed by atoms with Crippen molar-refractivity contribution in [3.8, 4) is 0 Å². The van der Waals surface area contributed by atoms with Crippen molar-refractivity contribution in [3.05, 3.63) is 39.9 Å². The molecule has 0 spiro atoms. The van der Waals surface area contributed by atoms with Gasteiger partial charge >= 0.3 is 0 Å². The highest BCUT2D eigenvalue weighted by Crippen LogP contribution is 2.13. The molecule has 0 aliphatic heterocycles. The van der Waals surface area contributed by atoms with Crippen molar-refractivity contribution in [2.24, 2.45) is 5.10 Å². The summed E-state index contributed by atoms with van der Waals surface area (Å²) in [5.74, 6) is 0. The van der Waals surface area contributed by atoms with Gasteiger partial charge in [0.05, 0.1) is 17.2 Å². The van der Waals surface area contributed by atoms with Crippen LogP contribution in [-0.2, 0) is 4.74 Å². The summed E-state index contributed by atoms with van der Waals surface area (Å²) in [6, 6.07) is 6.32. The highest BCUT2D eigenvalue weighted by molar-refractivity contribution is 7.80. The van der Waals surface area contributed by atoms with Gasteiger partial charge in [0, 0.05) is 30.8 Å². The van der Waals surface area contributed by atoms with Crippen molar-refractivity contribution in [3.63, 3.8) is 0 Å². The fraction of sp³-hybridized carbons (Fsp3) is 0.385. The maximum absolute atomic E-state index is 10.7. The SMILES string of the molecule is COC[C@@H](C)NC(=S)N/N=C(/C)c1cccc([N+](=O)[O-])c1. The minimum atomic E-state index is -0.442. The third kappa shape index (κ3) is 5.84. The molecule has 0 radical (unpaired) electrons.